The molecule has 1 spiro atoms. The Hall–Kier alpha value is -1.66. The normalized spacial score (nSPS) is 35.5. The van der Waals surface area contributed by atoms with Gasteiger partial charge in [-0.15, -0.1) is 0 Å². The lowest BCUT2D eigenvalue weighted by Gasteiger charge is -2.53. The minimum atomic E-state index is -0.307. The number of hydrogen-bond donors (Lipinski definition) is 2. The number of hydrogen-bond acceptors (Lipinski definition) is 4. The van der Waals surface area contributed by atoms with Crippen LogP contribution in [0.15, 0.2) is 18.2 Å². The number of aliphatic hydroxyl groups is 1. The highest BCUT2D eigenvalue weighted by Crippen LogP contribution is 2.70. The van der Waals surface area contributed by atoms with Gasteiger partial charge in [-0.1, -0.05) is 13.8 Å². The van der Waals surface area contributed by atoms with Crippen molar-refractivity contribution in [2.75, 3.05) is 20.3 Å². The monoisotopic (exact) mass is 391 g/mol. The number of halogens is 1. The van der Waals surface area contributed by atoms with Gasteiger partial charge in [0.05, 0.1) is 19.8 Å². The van der Waals surface area contributed by atoms with Crippen molar-refractivity contribution in [3.05, 3.63) is 29.6 Å². The van der Waals surface area contributed by atoms with Crippen LogP contribution < -0.4 is 10.1 Å². The molecular weight excluding hydrogens is 361 g/mol. The maximum atomic E-state index is 14.8. The summed E-state index contributed by atoms with van der Waals surface area (Å²) in [6, 6.07) is 4.97. The van der Waals surface area contributed by atoms with Gasteiger partial charge in [-0.3, -0.25) is 4.79 Å². The van der Waals surface area contributed by atoms with Gasteiger partial charge in [0.25, 0.3) is 0 Å². The van der Waals surface area contributed by atoms with Crippen molar-refractivity contribution in [1.82, 2.24) is 5.32 Å². The zero-order valence-electron chi connectivity index (χ0n) is 16.8. The fraction of sp³-hybridized carbons (Fsp3) is 0.682. The second kappa shape index (κ2) is 6.99. The molecule has 5 nitrogen and oxygen atoms in total. The van der Waals surface area contributed by atoms with Crippen molar-refractivity contribution < 1.29 is 23.8 Å². The molecule has 1 amide bonds. The molecule has 2 aliphatic carbocycles. The molecule has 0 aromatic heterocycles. The standard InChI is InChI=1S/C22H30FNO4/c1-21(2)13-10-16-19(15-5-4-14(27-3)11-17(15)23)28-9-7-22(16,12-13)20(21)24-18(26)6-8-25/h4-5,11,13,16,19-20,25H,6-10,12H2,1-3H3,(H,24,26)/t13-,16-,19-,20+,22?/m1/s1. The summed E-state index contributed by atoms with van der Waals surface area (Å²) >= 11 is 0. The summed E-state index contributed by atoms with van der Waals surface area (Å²) in [6.07, 6.45) is 2.70. The molecule has 6 heteroatoms. The van der Waals surface area contributed by atoms with E-state index in [2.05, 4.69) is 19.2 Å². The maximum Gasteiger partial charge on any atom is 0.222 e. The zero-order valence-corrected chi connectivity index (χ0v) is 16.8. The summed E-state index contributed by atoms with van der Waals surface area (Å²) in [6.45, 7) is 4.86. The quantitative estimate of drug-likeness (QED) is 0.809. The highest BCUT2D eigenvalue weighted by Gasteiger charge is 2.68. The fourth-order valence-electron chi connectivity index (χ4n) is 6.30. The Morgan fingerprint density at radius 2 is 2.21 bits per heavy atom. The van der Waals surface area contributed by atoms with Crippen LogP contribution in [0.3, 0.4) is 0 Å². The van der Waals surface area contributed by atoms with E-state index in [-0.39, 0.29) is 53.6 Å². The number of benzene rings is 1. The Morgan fingerprint density at radius 3 is 2.89 bits per heavy atom. The number of methoxy groups -OCH3 is 1. The van der Waals surface area contributed by atoms with Gasteiger partial charge in [0.15, 0.2) is 0 Å². The second-order valence-corrected chi connectivity index (χ2v) is 9.20. The molecule has 28 heavy (non-hydrogen) atoms. The lowest BCUT2D eigenvalue weighted by atomic mass is 9.58. The Labute approximate surface area is 165 Å². The molecule has 1 aromatic carbocycles. The van der Waals surface area contributed by atoms with Crippen LogP contribution in [0.4, 0.5) is 4.39 Å². The van der Waals surface area contributed by atoms with Crippen molar-refractivity contribution in [3.63, 3.8) is 0 Å². The lowest BCUT2D eigenvalue weighted by molar-refractivity contribution is -0.138. The van der Waals surface area contributed by atoms with Crippen LogP contribution in [-0.4, -0.2) is 37.4 Å². The molecule has 0 radical (unpaired) electrons. The first kappa shape index (κ1) is 19.6. The number of aliphatic hydroxyl groups excluding tert-OH is 1. The first-order valence-electron chi connectivity index (χ1n) is 10.2. The van der Waals surface area contributed by atoms with Crippen LogP contribution in [0.2, 0.25) is 0 Å². The van der Waals surface area contributed by atoms with E-state index in [0.29, 0.717) is 23.8 Å². The third-order valence-corrected chi connectivity index (χ3v) is 7.66. The van der Waals surface area contributed by atoms with Crippen molar-refractivity contribution in [3.8, 4) is 5.75 Å². The molecule has 2 bridgehead atoms. The van der Waals surface area contributed by atoms with E-state index in [9.17, 15) is 9.18 Å². The molecule has 3 fully saturated rings. The van der Waals surface area contributed by atoms with Crippen LogP contribution in [0.25, 0.3) is 0 Å². The van der Waals surface area contributed by atoms with Gasteiger partial charge in [-0.25, -0.2) is 4.39 Å². The second-order valence-electron chi connectivity index (χ2n) is 9.20. The van der Waals surface area contributed by atoms with Gasteiger partial charge in [0.2, 0.25) is 5.91 Å². The third kappa shape index (κ3) is 2.84. The van der Waals surface area contributed by atoms with Gasteiger partial charge in [-0.05, 0) is 54.1 Å². The number of nitrogens with one attached hydrogen (secondary N) is 1. The summed E-state index contributed by atoms with van der Waals surface area (Å²) in [4.78, 5) is 12.3. The summed E-state index contributed by atoms with van der Waals surface area (Å²) in [7, 11) is 1.53. The van der Waals surface area contributed by atoms with Crippen LogP contribution in [-0.2, 0) is 9.53 Å². The summed E-state index contributed by atoms with van der Waals surface area (Å²) < 4.78 is 26.1. The fourth-order valence-corrected chi connectivity index (χ4v) is 6.30. The number of fused-ring (bicyclic) bond motifs is 1. The Kier molecular flexibility index (Phi) is 4.91. The van der Waals surface area contributed by atoms with Gasteiger partial charge in [0.1, 0.15) is 11.6 Å². The highest BCUT2D eigenvalue weighted by atomic mass is 19.1. The van der Waals surface area contributed by atoms with Gasteiger partial charge in [-0.2, -0.15) is 0 Å². The van der Waals surface area contributed by atoms with E-state index < -0.39 is 0 Å². The average molecular weight is 391 g/mol. The van der Waals surface area contributed by atoms with E-state index in [0.717, 1.165) is 19.3 Å². The van der Waals surface area contributed by atoms with Crippen LogP contribution in [0, 0.1) is 28.5 Å². The van der Waals surface area contributed by atoms with Crippen LogP contribution in [0.5, 0.6) is 5.75 Å². The molecule has 1 aliphatic heterocycles. The van der Waals surface area contributed by atoms with Crippen molar-refractivity contribution in [1.29, 1.82) is 0 Å². The Balaban J connectivity index is 1.67. The predicted molar refractivity (Wildman–Crippen MR) is 102 cm³/mol. The van der Waals surface area contributed by atoms with E-state index >= 15 is 0 Å². The molecule has 3 aliphatic rings. The molecule has 1 saturated heterocycles. The number of rotatable bonds is 5. The Bertz CT molecular complexity index is 767. The minimum absolute atomic E-state index is 0.00973. The smallest absolute Gasteiger partial charge is 0.222 e. The number of amides is 1. The lowest BCUT2D eigenvalue weighted by Crippen LogP contribution is -2.59. The van der Waals surface area contributed by atoms with Crippen molar-refractivity contribution in [2.45, 2.75) is 51.7 Å². The molecule has 154 valence electrons. The SMILES string of the molecule is COc1ccc([C@H]2OCCC34C[C@@H](C[C@H]23)C(C)(C)[C@@H]4NC(=O)CCO)c(F)c1. The largest absolute Gasteiger partial charge is 0.497 e. The van der Waals surface area contributed by atoms with E-state index in [1.165, 1.54) is 13.2 Å². The summed E-state index contributed by atoms with van der Waals surface area (Å²) in [5.74, 6) is 0.711. The molecular formula is C22H30FNO4. The summed E-state index contributed by atoms with van der Waals surface area (Å²) in [5.41, 5.74) is 0.465. The number of carbonyl (C=O) groups is 1. The zero-order chi connectivity index (χ0) is 20.1. The van der Waals surface area contributed by atoms with Gasteiger partial charge >= 0.3 is 0 Å². The molecule has 1 heterocycles. The van der Waals surface area contributed by atoms with Crippen LogP contribution in [0.1, 0.15) is 51.2 Å². The third-order valence-electron chi connectivity index (χ3n) is 7.66. The first-order valence-corrected chi connectivity index (χ1v) is 10.2. The molecule has 2 saturated carbocycles. The van der Waals surface area contributed by atoms with Gasteiger partial charge < -0.3 is 19.9 Å². The van der Waals surface area contributed by atoms with E-state index in [1.54, 1.807) is 12.1 Å². The molecule has 1 aromatic rings. The maximum absolute atomic E-state index is 14.8. The van der Waals surface area contributed by atoms with Crippen LogP contribution >= 0.6 is 0 Å². The molecule has 4 rings (SSSR count). The number of carbonyl (C=O) groups excluding carboxylic acids is 1. The molecule has 5 atom stereocenters. The van der Waals surface area contributed by atoms with Gasteiger partial charge in [0, 0.05) is 30.7 Å². The van der Waals surface area contributed by atoms with E-state index in [4.69, 9.17) is 14.6 Å². The van der Waals surface area contributed by atoms with E-state index in [1.807, 2.05) is 0 Å². The summed E-state index contributed by atoms with van der Waals surface area (Å²) in [5, 5.41) is 12.4. The highest BCUT2D eigenvalue weighted by molar-refractivity contribution is 5.76. The molecule has 2 N–H and O–H groups in total. The predicted octanol–water partition coefficient (Wildman–Crippen LogP) is 3.22. The Morgan fingerprint density at radius 1 is 1.43 bits per heavy atom. The van der Waals surface area contributed by atoms with Crippen molar-refractivity contribution >= 4 is 5.91 Å². The first-order chi connectivity index (χ1) is 13.3. The molecule has 1 unspecified atom stereocenters. The van der Waals surface area contributed by atoms with Crippen molar-refractivity contribution in [2.24, 2.45) is 22.7 Å². The number of ether oxygens (including phenoxy) is 2. The average Bonchev–Trinajstić information content (AvgIpc) is 3.15. The minimum Gasteiger partial charge on any atom is -0.497 e. The topological polar surface area (TPSA) is 67.8 Å².